The predicted octanol–water partition coefficient (Wildman–Crippen LogP) is 3.40. The minimum atomic E-state index is 0.530. The molecule has 0 radical (unpaired) electrons. The monoisotopic (exact) mass is 218 g/mol. The van der Waals surface area contributed by atoms with Gasteiger partial charge in [-0.15, -0.1) is 0 Å². The topological polar surface area (TPSA) is 24.9 Å². The highest BCUT2D eigenvalue weighted by Crippen LogP contribution is 2.20. The SMILES string of the molecule is C=C(Cl)CNc1nccc2ccccc12. The van der Waals surface area contributed by atoms with E-state index in [0.717, 1.165) is 16.6 Å². The molecule has 2 aromatic rings. The molecule has 2 rings (SSSR count). The highest BCUT2D eigenvalue weighted by Gasteiger charge is 2.00. The lowest BCUT2D eigenvalue weighted by molar-refractivity contribution is 1.24. The average Bonchev–Trinajstić information content (AvgIpc) is 2.26. The van der Waals surface area contributed by atoms with E-state index in [2.05, 4.69) is 22.9 Å². The van der Waals surface area contributed by atoms with Crippen molar-refractivity contribution in [2.24, 2.45) is 0 Å². The van der Waals surface area contributed by atoms with Crippen molar-refractivity contribution in [2.75, 3.05) is 11.9 Å². The molecule has 0 aliphatic heterocycles. The number of rotatable bonds is 3. The summed E-state index contributed by atoms with van der Waals surface area (Å²) in [6.07, 6.45) is 1.78. The Morgan fingerprint density at radius 1 is 1.33 bits per heavy atom. The van der Waals surface area contributed by atoms with Gasteiger partial charge < -0.3 is 5.32 Å². The molecule has 0 saturated heterocycles. The Morgan fingerprint density at radius 3 is 2.93 bits per heavy atom. The first-order valence-corrected chi connectivity index (χ1v) is 5.06. The summed E-state index contributed by atoms with van der Waals surface area (Å²) < 4.78 is 0. The third kappa shape index (κ3) is 2.28. The maximum absolute atomic E-state index is 5.69. The molecule has 3 heteroatoms. The first-order valence-electron chi connectivity index (χ1n) is 4.68. The second-order valence-electron chi connectivity index (χ2n) is 3.25. The zero-order chi connectivity index (χ0) is 10.7. The van der Waals surface area contributed by atoms with Crippen molar-refractivity contribution in [3.05, 3.63) is 48.1 Å². The minimum Gasteiger partial charge on any atom is -0.365 e. The summed E-state index contributed by atoms with van der Waals surface area (Å²) in [5.74, 6) is 0.843. The maximum atomic E-state index is 5.69. The molecular weight excluding hydrogens is 208 g/mol. The van der Waals surface area contributed by atoms with Gasteiger partial charge in [-0.1, -0.05) is 42.4 Å². The fourth-order valence-electron chi connectivity index (χ4n) is 1.44. The molecule has 0 unspecified atom stereocenters. The molecule has 0 spiro atoms. The van der Waals surface area contributed by atoms with E-state index in [9.17, 15) is 0 Å². The van der Waals surface area contributed by atoms with Crippen LogP contribution < -0.4 is 5.32 Å². The highest BCUT2D eigenvalue weighted by atomic mass is 35.5. The minimum absolute atomic E-state index is 0.530. The van der Waals surface area contributed by atoms with E-state index in [4.69, 9.17) is 11.6 Å². The van der Waals surface area contributed by atoms with Gasteiger partial charge in [0.15, 0.2) is 0 Å². The number of pyridine rings is 1. The van der Waals surface area contributed by atoms with Crippen molar-refractivity contribution in [2.45, 2.75) is 0 Å². The summed E-state index contributed by atoms with van der Waals surface area (Å²) >= 11 is 5.69. The Balaban J connectivity index is 2.38. The third-order valence-electron chi connectivity index (χ3n) is 2.12. The van der Waals surface area contributed by atoms with Gasteiger partial charge in [0.1, 0.15) is 5.82 Å². The Labute approximate surface area is 93.6 Å². The molecule has 0 bridgehead atoms. The van der Waals surface area contributed by atoms with Crippen LogP contribution in [0.3, 0.4) is 0 Å². The molecule has 0 saturated carbocycles. The van der Waals surface area contributed by atoms with Gasteiger partial charge in [-0.2, -0.15) is 0 Å². The van der Waals surface area contributed by atoms with Crippen LogP contribution in [0.1, 0.15) is 0 Å². The van der Waals surface area contributed by atoms with Crippen LogP contribution in [0, 0.1) is 0 Å². The molecule has 0 fully saturated rings. The van der Waals surface area contributed by atoms with E-state index in [-0.39, 0.29) is 0 Å². The quantitative estimate of drug-likeness (QED) is 0.854. The van der Waals surface area contributed by atoms with Crippen molar-refractivity contribution in [3.63, 3.8) is 0 Å². The first kappa shape index (κ1) is 9.99. The number of halogens is 1. The molecule has 0 amide bonds. The standard InChI is InChI=1S/C12H11ClN2/c1-9(13)8-15-12-11-5-3-2-4-10(11)6-7-14-12/h2-7H,1,8H2,(H,14,15). The molecule has 1 aromatic heterocycles. The Morgan fingerprint density at radius 2 is 2.13 bits per heavy atom. The summed E-state index contributed by atoms with van der Waals surface area (Å²) in [6, 6.07) is 10.1. The van der Waals surface area contributed by atoms with E-state index in [1.165, 1.54) is 0 Å². The molecular formula is C12H11ClN2. The van der Waals surface area contributed by atoms with E-state index >= 15 is 0 Å². The Kier molecular flexibility index (Phi) is 2.88. The van der Waals surface area contributed by atoms with Crippen LogP contribution in [0.15, 0.2) is 48.1 Å². The molecule has 76 valence electrons. The summed E-state index contributed by atoms with van der Waals surface area (Å²) in [4.78, 5) is 4.27. The van der Waals surface area contributed by atoms with Gasteiger partial charge in [-0.3, -0.25) is 0 Å². The second-order valence-corrected chi connectivity index (χ2v) is 3.79. The van der Waals surface area contributed by atoms with Crippen LogP contribution in [-0.2, 0) is 0 Å². The van der Waals surface area contributed by atoms with Crippen molar-refractivity contribution < 1.29 is 0 Å². The second kappa shape index (κ2) is 4.32. The predicted molar refractivity (Wildman–Crippen MR) is 65.2 cm³/mol. The number of nitrogens with one attached hydrogen (secondary N) is 1. The van der Waals surface area contributed by atoms with Crippen LogP contribution in [0.25, 0.3) is 10.8 Å². The fourth-order valence-corrected chi connectivity index (χ4v) is 1.51. The molecule has 15 heavy (non-hydrogen) atoms. The first-order chi connectivity index (χ1) is 7.27. The zero-order valence-corrected chi connectivity index (χ0v) is 8.96. The van der Waals surface area contributed by atoms with Crippen molar-refractivity contribution >= 4 is 28.2 Å². The van der Waals surface area contributed by atoms with Gasteiger partial charge in [0.05, 0.1) is 6.54 Å². The lowest BCUT2D eigenvalue weighted by Gasteiger charge is -2.07. The van der Waals surface area contributed by atoms with Crippen molar-refractivity contribution in [1.29, 1.82) is 0 Å². The van der Waals surface area contributed by atoms with E-state index < -0.39 is 0 Å². The van der Waals surface area contributed by atoms with Crippen LogP contribution in [-0.4, -0.2) is 11.5 Å². The van der Waals surface area contributed by atoms with E-state index in [0.29, 0.717) is 11.6 Å². The Bertz CT molecular complexity index is 488. The number of anilines is 1. The molecule has 1 N–H and O–H groups in total. The van der Waals surface area contributed by atoms with E-state index in [1.807, 2.05) is 24.3 Å². The summed E-state index contributed by atoms with van der Waals surface area (Å²) in [7, 11) is 0. The van der Waals surface area contributed by atoms with Gasteiger partial charge in [0.2, 0.25) is 0 Å². The van der Waals surface area contributed by atoms with Gasteiger partial charge in [-0.25, -0.2) is 4.98 Å². The lowest BCUT2D eigenvalue weighted by Crippen LogP contribution is -2.02. The number of nitrogens with zero attached hydrogens (tertiary/aromatic N) is 1. The lowest BCUT2D eigenvalue weighted by atomic mass is 10.1. The summed E-state index contributed by atoms with van der Waals surface area (Å²) in [6.45, 7) is 4.16. The van der Waals surface area contributed by atoms with E-state index in [1.54, 1.807) is 6.20 Å². The fraction of sp³-hybridized carbons (Fsp3) is 0.0833. The maximum Gasteiger partial charge on any atom is 0.134 e. The molecule has 1 heterocycles. The normalized spacial score (nSPS) is 10.2. The van der Waals surface area contributed by atoms with Gasteiger partial charge >= 0.3 is 0 Å². The van der Waals surface area contributed by atoms with Crippen LogP contribution >= 0.6 is 11.6 Å². The zero-order valence-electron chi connectivity index (χ0n) is 8.20. The molecule has 0 aliphatic rings. The number of hydrogen-bond donors (Lipinski definition) is 1. The van der Waals surface area contributed by atoms with Gasteiger partial charge in [0, 0.05) is 16.6 Å². The number of fused-ring (bicyclic) bond motifs is 1. The van der Waals surface area contributed by atoms with Crippen LogP contribution in [0.4, 0.5) is 5.82 Å². The Hall–Kier alpha value is -1.54. The van der Waals surface area contributed by atoms with Crippen LogP contribution in [0.5, 0.6) is 0 Å². The van der Waals surface area contributed by atoms with Crippen molar-refractivity contribution in [3.8, 4) is 0 Å². The van der Waals surface area contributed by atoms with Crippen LogP contribution in [0.2, 0.25) is 0 Å². The number of benzene rings is 1. The highest BCUT2D eigenvalue weighted by molar-refractivity contribution is 6.29. The van der Waals surface area contributed by atoms with Gasteiger partial charge in [-0.05, 0) is 11.5 Å². The smallest absolute Gasteiger partial charge is 0.134 e. The van der Waals surface area contributed by atoms with Gasteiger partial charge in [0.25, 0.3) is 0 Å². The average molecular weight is 219 g/mol. The third-order valence-corrected chi connectivity index (χ3v) is 2.25. The number of hydrogen-bond acceptors (Lipinski definition) is 2. The molecule has 0 atom stereocenters. The summed E-state index contributed by atoms with van der Waals surface area (Å²) in [5.41, 5.74) is 0. The largest absolute Gasteiger partial charge is 0.365 e. The van der Waals surface area contributed by atoms with Crippen molar-refractivity contribution in [1.82, 2.24) is 4.98 Å². The number of aromatic nitrogens is 1. The summed E-state index contributed by atoms with van der Waals surface area (Å²) in [5, 5.41) is 5.98. The molecule has 1 aromatic carbocycles. The molecule has 2 nitrogen and oxygen atoms in total. The molecule has 0 aliphatic carbocycles.